The lowest BCUT2D eigenvalue weighted by atomic mass is 10.2. The fourth-order valence-electron chi connectivity index (χ4n) is 2.63. The number of nitrogens with two attached hydrogens (primary N) is 1. The lowest BCUT2D eigenvalue weighted by Crippen LogP contribution is -2.21. The van der Waals surface area contributed by atoms with E-state index in [4.69, 9.17) is 10.7 Å². The Morgan fingerprint density at radius 3 is 2.88 bits per heavy atom. The molecule has 6 heteroatoms. The molecule has 0 fully saturated rings. The molecule has 0 bridgehead atoms. The predicted molar refractivity (Wildman–Crippen MR) is 113 cm³/mol. The van der Waals surface area contributed by atoms with Crippen molar-refractivity contribution < 1.29 is 0 Å². The van der Waals surface area contributed by atoms with E-state index in [1.54, 1.807) is 11.3 Å². The zero-order chi connectivity index (χ0) is 18.4. The van der Waals surface area contributed by atoms with Crippen LogP contribution in [-0.4, -0.2) is 41.5 Å². The number of nitrogen functional groups attached to an aromatic ring is 1. The van der Waals surface area contributed by atoms with Gasteiger partial charge in [-0.15, -0.1) is 11.3 Å². The van der Waals surface area contributed by atoms with Crippen molar-refractivity contribution in [2.75, 3.05) is 37.7 Å². The van der Waals surface area contributed by atoms with Gasteiger partial charge in [0, 0.05) is 22.5 Å². The van der Waals surface area contributed by atoms with Crippen LogP contribution < -0.4 is 11.1 Å². The molecule has 0 radical (unpaired) electrons. The molecule has 0 amide bonds. The standard InChI is InChI=1S/C20H25N5S/c1-3-25(2)12-5-11-22-20-17-14-15(21)7-9-18(17)23-19(24-20)10-8-16-6-4-13-26-16/h4,6-10,13-14H,3,5,11-12,21H2,1-2H3,(H,22,23,24)/b10-8+. The minimum Gasteiger partial charge on any atom is -0.399 e. The number of nitrogens with zero attached hydrogens (tertiary/aromatic N) is 3. The molecule has 5 nitrogen and oxygen atoms in total. The molecule has 0 saturated carbocycles. The molecule has 0 unspecified atom stereocenters. The highest BCUT2D eigenvalue weighted by molar-refractivity contribution is 7.10. The lowest BCUT2D eigenvalue weighted by Gasteiger charge is -2.14. The number of hydrogen-bond donors (Lipinski definition) is 2. The zero-order valence-corrected chi connectivity index (χ0v) is 16.1. The van der Waals surface area contributed by atoms with Gasteiger partial charge in [-0.3, -0.25) is 0 Å². The van der Waals surface area contributed by atoms with Crippen molar-refractivity contribution >= 4 is 45.9 Å². The maximum Gasteiger partial charge on any atom is 0.155 e. The monoisotopic (exact) mass is 367 g/mol. The Labute approximate surface area is 158 Å². The summed E-state index contributed by atoms with van der Waals surface area (Å²) in [6, 6.07) is 9.87. The average Bonchev–Trinajstić information content (AvgIpc) is 3.17. The quantitative estimate of drug-likeness (QED) is 0.461. The van der Waals surface area contributed by atoms with Gasteiger partial charge in [0.15, 0.2) is 5.82 Å². The number of thiophene rings is 1. The first-order chi connectivity index (χ1) is 12.7. The van der Waals surface area contributed by atoms with E-state index in [-0.39, 0.29) is 0 Å². The Morgan fingerprint density at radius 1 is 1.23 bits per heavy atom. The molecule has 136 valence electrons. The van der Waals surface area contributed by atoms with Crippen LogP contribution in [-0.2, 0) is 0 Å². The SMILES string of the molecule is CCN(C)CCCNc1nc(/C=C/c2cccs2)nc2ccc(N)cc12. The van der Waals surface area contributed by atoms with E-state index in [0.29, 0.717) is 5.82 Å². The fourth-order valence-corrected chi connectivity index (χ4v) is 3.25. The molecule has 2 heterocycles. The zero-order valence-electron chi connectivity index (χ0n) is 15.3. The van der Waals surface area contributed by atoms with Gasteiger partial charge in [-0.05, 0) is 68.4 Å². The van der Waals surface area contributed by atoms with Gasteiger partial charge in [0.05, 0.1) is 5.52 Å². The minimum absolute atomic E-state index is 0.698. The normalized spacial score (nSPS) is 11.7. The Kier molecular flexibility index (Phi) is 6.20. The molecule has 26 heavy (non-hydrogen) atoms. The topological polar surface area (TPSA) is 67.1 Å². The molecule has 0 aliphatic rings. The maximum atomic E-state index is 5.96. The first kappa shape index (κ1) is 18.4. The van der Waals surface area contributed by atoms with Crippen LogP contribution in [0.3, 0.4) is 0 Å². The highest BCUT2D eigenvalue weighted by Gasteiger charge is 2.07. The molecule has 2 aromatic heterocycles. The van der Waals surface area contributed by atoms with E-state index in [1.807, 2.05) is 36.4 Å². The third-order valence-corrected chi connectivity index (χ3v) is 5.06. The molecular formula is C20H25N5S. The summed E-state index contributed by atoms with van der Waals surface area (Å²) in [6.07, 6.45) is 5.05. The maximum absolute atomic E-state index is 5.96. The third-order valence-electron chi connectivity index (χ3n) is 4.23. The summed E-state index contributed by atoms with van der Waals surface area (Å²) in [5, 5.41) is 6.48. The molecule has 0 spiro atoms. The number of aromatic nitrogens is 2. The van der Waals surface area contributed by atoms with Gasteiger partial charge in [0.25, 0.3) is 0 Å². The molecule has 0 aliphatic heterocycles. The minimum atomic E-state index is 0.698. The van der Waals surface area contributed by atoms with Crippen LogP contribution in [0.5, 0.6) is 0 Å². The van der Waals surface area contributed by atoms with Gasteiger partial charge in [-0.2, -0.15) is 0 Å². The largest absolute Gasteiger partial charge is 0.399 e. The van der Waals surface area contributed by atoms with E-state index >= 15 is 0 Å². The summed E-state index contributed by atoms with van der Waals surface area (Å²) in [6.45, 7) is 5.14. The second-order valence-corrected chi connectivity index (χ2v) is 7.21. The average molecular weight is 368 g/mol. The van der Waals surface area contributed by atoms with Gasteiger partial charge >= 0.3 is 0 Å². The summed E-state index contributed by atoms with van der Waals surface area (Å²) in [7, 11) is 2.13. The Morgan fingerprint density at radius 2 is 2.12 bits per heavy atom. The summed E-state index contributed by atoms with van der Waals surface area (Å²) in [5.41, 5.74) is 7.58. The molecule has 3 aromatic rings. The summed E-state index contributed by atoms with van der Waals surface area (Å²) in [5.74, 6) is 1.54. The van der Waals surface area contributed by atoms with Crippen LogP contribution in [0, 0.1) is 0 Å². The van der Waals surface area contributed by atoms with Crippen molar-refractivity contribution in [2.24, 2.45) is 0 Å². The smallest absolute Gasteiger partial charge is 0.155 e. The number of hydrogen-bond acceptors (Lipinski definition) is 6. The summed E-state index contributed by atoms with van der Waals surface area (Å²) >= 11 is 1.69. The van der Waals surface area contributed by atoms with E-state index in [0.717, 1.165) is 48.5 Å². The van der Waals surface area contributed by atoms with Crippen LogP contribution in [0.15, 0.2) is 35.7 Å². The van der Waals surface area contributed by atoms with E-state index in [2.05, 4.69) is 40.6 Å². The fraction of sp³-hybridized carbons (Fsp3) is 0.300. The number of benzene rings is 1. The van der Waals surface area contributed by atoms with Crippen molar-refractivity contribution in [2.45, 2.75) is 13.3 Å². The van der Waals surface area contributed by atoms with Crippen LogP contribution in [0.1, 0.15) is 24.0 Å². The Hall–Kier alpha value is -2.44. The second kappa shape index (κ2) is 8.78. The van der Waals surface area contributed by atoms with Gasteiger partial charge in [0.1, 0.15) is 5.82 Å². The van der Waals surface area contributed by atoms with Crippen molar-refractivity contribution in [3.63, 3.8) is 0 Å². The molecule has 0 atom stereocenters. The van der Waals surface area contributed by atoms with Gasteiger partial charge < -0.3 is 16.0 Å². The van der Waals surface area contributed by atoms with Crippen LogP contribution in [0.25, 0.3) is 23.1 Å². The first-order valence-corrected chi connectivity index (χ1v) is 9.75. The Bertz CT molecular complexity index is 873. The molecule has 0 aliphatic carbocycles. The van der Waals surface area contributed by atoms with Crippen molar-refractivity contribution in [3.05, 3.63) is 46.4 Å². The lowest BCUT2D eigenvalue weighted by molar-refractivity contribution is 0.351. The molecule has 3 N–H and O–H groups in total. The molecule has 3 rings (SSSR count). The second-order valence-electron chi connectivity index (χ2n) is 6.23. The first-order valence-electron chi connectivity index (χ1n) is 8.87. The number of anilines is 2. The summed E-state index contributed by atoms with van der Waals surface area (Å²) < 4.78 is 0. The summed E-state index contributed by atoms with van der Waals surface area (Å²) in [4.78, 5) is 12.8. The van der Waals surface area contributed by atoms with E-state index < -0.39 is 0 Å². The number of fused-ring (bicyclic) bond motifs is 1. The van der Waals surface area contributed by atoms with Gasteiger partial charge in [-0.1, -0.05) is 13.0 Å². The highest BCUT2D eigenvalue weighted by Crippen LogP contribution is 2.24. The highest BCUT2D eigenvalue weighted by atomic mass is 32.1. The number of nitrogens with one attached hydrogen (secondary N) is 1. The van der Waals surface area contributed by atoms with Crippen molar-refractivity contribution in [3.8, 4) is 0 Å². The molecule has 1 aromatic carbocycles. The third kappa shape index (κ3) is 4.80. The van der Waals surface area contributed by atoms with Crippen molar-refractivity contribution in [1.29, 1.82) is 0 Å². The molecule has 0 saturated heterocycles. The predicted octanol–water partition coefficient (Wildman–Crippen LogP) is 4.20. The van der Waals surface area contributed by atoms with E-state index in [9.17, 15) is 0 Å². The van der Waals surface area contributed by atoms with Crippen LogP contribution in [0.4, 0.5) is 11.5 Å². The number of rotatable bonds is 8. The van der Waals surface area contributed by atoms with Crippen LogP contribution in [0.2, 0.25) is 0 Å². The van der Waals surface area contributed by atoms with Crippen LogP contribution >= 0.6 is 11.3 Å². The molecular weight excluding hydrogens is 342 g/mol. The van der Waals surface area contributed by atoms with Gasteiger partial charge in [-0.25, -0.2) is 9.97 Å². The Balaban J connectivity index is 1.82. The van der Waals surface area contributed by atoms with Crippen molar-refractivity contribution in [1.82, 2.24) is 14.9 Å². The van der Waals surface area contributed by atoms with Gasteiger partial charge in [0.2, 0.25) is 0 Å². The van der Waals surface area contributed by atoms with E-state index in [1.165, 1.54) is 4.88 Å².